The summed E-state index contributed by atoms with van der Waals surface area (Å²) >= 11 is 0. The van der Waals surface area contributed by atoms with Crippen LogP contribution in [0.4, 0.5) is 0 Å². The largest absolute Gasteiger partial charge is 0.456 e. The van der Waals surface area contributed by atoms with Gasteiger partial charge in [0.05, 0.1) is 33.1 Å². The van der Waals surface area contributed by atoms with Crippen molar-refractivity contribution >= 4 is 76.3 Å². The number of furan rings is 1. The van der Waals surface area contributed by atoms with E-state index in [-0.39, 0.29) is 0 Å². The summed E-state index contributed by atoms with van der Waals surface area (Å²) in [5.41, 5.74) is 12.9. The zero-order valence-corrected chi connectivity index (χ0v) is 36.0. The third kappa shape index (κ3) is 5.86. The van der Waals surface area contributed by atoms with Crippen LogP contribution in [-0.2, 0) is 0 Å². The van der Waals surface area contributed by atoms with Gasteiger partial charge < -0.3 is 13.6 Å². The molecule has 0 saturated heterocycles. The first kappa shape index (κ1) is 37.3. The zero-order valence-electron chi connectivity index (χ0n) is 36.0. The van der Waals surface area contributed by atoms with Crippen LogP contribution in [0.15, 0.2) is 229 Å². The van der Waals surface area contributed by atoms with Crippen LogP contribution in [-0.4, -0.2) is 24.1 Å². The number of benzene rings is 10. The molecule has 0 atom stereocenters. The molecule has 14 aromatic rings. The van der Waals surface area contributed by atoms with Gasteiger partial charge in [-0.05, 0) is 101 Å². The molecule has 6 heteroatoms. The molecular formula is C61H37N5O. The Morgan fingerprint density at radius 1 is 0.313 bits per heavy atom. The molecule has 0 spiro atoms. The molecule has 0 aliphatic heterocycles. The highest BCUT2D eigenvalue weighted by molar-refractivity contribution is 6.18. The van der Waals surface area contributed by atoms with Crippen LogP contribution in [0.5, 0.6) is 0 Å². The van der Waals surface area contributed by atoms with Crippen molar-refractivity contribution in [3.8, 4) is 56.7 Å². The molecule has 4 aromatic heterocycles. The number of nitrogens with zero attached hydrogens (tertiary/aromatic N) is 5. The van der Waals surface area contributed by atoms with E-state index in [1.54, 1.807) is 0 Å². The van der Waals surface area contributed by atoms with Gasteiger partial charge in [0, 0.05) is 49.3 Å². The standard InChI is InChI=1S/C61H37N5O/c1-3-16-38(17-4-1)39-20-15-21-42(34-39)59-62-60(43-30-32-53-49(36-43)45-24-9-12-27-51(45)65(53)44-22-5-2-6-23-44)64-61(63-59)48-31-33-56-57(47-26-11-14-29-55(47)67-56)58(48)66-52-28-13-10-25-46(52)50-35-40-18-7-8-19-41(40)37-54(50)66/h1-37H. The van der Waals surface area contributed by atoms with E-state index in [1.165, 1.54) is 10.8 Å². The number of hydrogen-bond acceptors (Lipinski definition) is 4. The molecule has 0 radical (unpaired) electrons. The summed E-state index contributed by atoms with van der Waals surface area (Å²) in [4.78, 5) is 16.3. The average Bonchev–Trinajstić information content (AvgIpc) is 4.05. The Morgan fingerprint density at radius 3 is 1.66 bits per heavy atom. The summed E-state index contributed by atoms with van der Waals surface area (Å²) < 4.78 is 11.4. The van der Waals surface area contributed by atoms with Gasteiger partial charge >= 0.3 is 0 Å². The highest BCUT2D eigenvalue weighted by Crippen LogP contribution is 2.44. The summed E-state index contributed by atoms with van der Waals surface area (Å²) in [5.74, 6) is 1.73. The number of para-hydroxylation sites is 4. The fourth-order valence-electron chi connectivity index (χ4n) is 10.3. The van der Waals surface area contributed by atoms with Crippen molar-refractivity contribution in [3.05, 3.63) is 224 Å². The minimum absolute atomic E-state index is 0.561. The van der Waals surface area contributed by atoms with Crippen molar-refractivity contribution in [3.63, 3.8) is 0 Å². The SMILES string of the molecule is c1ccc(-c2cccc(-c3nc(-c4ccc5c(c4)c4ccccc4n5-c4ccccc4)nc(-c4ccc5oc6ccccc6c5c4-n4c5ccccc5c5cc6ccccc6cc54)n3)c2)cc1. The Kier molecular flexibility index (Phi) is 8.18. The van der Waals surface area contributed by atoms with Gasteiger partial charge in [0.1, 0.15) is 11.2 Å². The second-order valence-electron chi connectivity index (χ2n) is 17.2. The Bertz CT molecular complexity index is 4280. The van der Waals surface area contributed by atoms with Gasteiger partial charge in [-0.3, -0.25) is 0 Å². The quantitative estimate of drug-likeness (QED) is 0.167. The lowest BCUT2D eigenvalue weighted by Gasteiger charge is -2.16. The van der Waals surface area contributed by atoms with Gasteiger partial charge in [-0.15, -0.1) is 0 Å². The van der Waals surface area contributed by atoms with Gasteiger partial charge in [0.15, 0.2) is 17.5 Å². The number of rotatable bonds is 6. The molecule has 14 rings (SSSR count). The van der Waals surface area contributed by atoms with Crippen molar-refractivity contribution < 1.29 is 4.42 Å². The van der Waals surface area contributed by atoms with Gasteiger partial charge in [-0.1, -0.05) is 146 Å². The highest BCUT2D eigenvalue weighted by atomic mass is 16.3. The Balaban J connectivity index is 1.08. The number of fused-ring (bicyclic) bond motifs is 10. The van der Waals surface area contributed by atoms with Crippen molar-refractivity contribution in [2.45, 2.75) is 0 Å². The first-order valence-electron chi connectivity index (χ1n) is 22.6. The van der Waals surface area contributed by atoms with Gasteiger partial charge in [-0.2, -0.15) is 0 Å². The number of aromatic nitrogens is 5. The summed E-state index contributed by atoms with van der Waals surface area (Å²) in [6.07, 6.45) is 0. The topological polar surface area (TPSA) is 61.7 Å². The molecule has 0 amide bonds. The fraction of sp³-hybridized carbons (Fsp3) is 0. The van der Waals surface area contributed by atoms with Crippen molar-refractivity contribution in [2.75, 3.05) is 0 Å². The van der Waals surface area contributed by atoms with Crippen molar-refractivity contribution in [1.29, 1.82) is 0 Å². The molecule has 312 valence electrons. The summed E-state index contributed by atoms with van der Waals surface area (Å²) in [6, 6.07) is 79.1. The van der Waals surface area contributed by atoms with Crippen LogP contribution in [0.1, 0.15) is 0 Å². The summed E-state index contributed by atoms with van der Waals surface area (Å²) in [6.45, 7) is 0. The van der Waals surface area contributed by atoms with E-state index in [9.17, 15) is 0 Å². The molecule has 0 saturated carbocycles. The maximum atomic E-state index is 6.66. The normalized spacial score (nSPS) is 11.9. The first-order valence-corrected chi connectivity index (χ1v) is 22.6. The van der Waals surface area contributed by atoms with Crippen LogP contribution in [0.2, 0.25) is 0 Å². The third-order valence-corrected chi connectivity index (χ3v) is 13.3. The third-order valence-electron chi connectivity index (χ3n) is 13.3. The van der Waals surface area contributed by atoms with E-state index in [2.05, 4.69) is 215 Å². The highest BCUT2D eigenvalue weighted by Gasteiger charge is 2.25. The minimum Gasteiger partial charge on any atom is -0.456 e. The van der Waals surface area contributed by atoms with Crippen LogP contribution in [0, 0.1) is 0 Å². The molecule has 6 nitrogen and oxygen atoms in total. The van der Waals surface area contributed by atoms with Crippen molar-refractivity contribution in [2.24, 2.45) is 0 Å². The van der Waals surface area contributed by atoms with E-state index < -0.39 is 0 Å². The summed E-state index contributed by atoms with van der Waals surface area (Å²) in [7, 11) is 0. The van der Waals surface area contributed by atoms with E-state index in [0.29, 0.717) is 17.5 Å². The summed E-state index contributed by atoms with van der Waals surface area (Å²) in [5, 5.41) is 8.98. The molecule has 0 aliphatic rings. The van der Waals surface area contributed by atoms with Crippen LogP contribution < -0.4 is 0 Å². The van der Waals surface area contributed by atoms with Crippen LogP contribution in [0.25, 0.3) is 133 Å². The minimum atomic E-state index is 0.561. The van der Waals surface area contributed by atoms with E-state index in [0.717, 1.165) is 105 Å². The van der Waals surface area contributed by atoms with E-state index >= 15 is 0 Å². The second kappa shape index (κ2) is 14.7. The van der Waals surface area contributed by atoms with Gasteiger partial charge in [0.25, 0.3) is 0 Å². The fourth-order valence-corrected chi connectivity index (χ4v) is 10.3. The molecule has 67 heavy (non-hydrogen) atoms. The lowest BCUT2D eigenvalue weighted by Crippen LogP contribution is -2.04. The molecule has 4 heterocycles. The predicted molar refractivity (Wildman–Crippen MR) is 275 cm³/mol. The monoisotopic (exact) mass is 855 g/mol. The number of hydrogen-bond donors (Lipinski definition) is 0. The first-order chi connectivity index (χ1) is 33.2. The van der Waals surface area contributed by atoms with E-state index in [1.807, 2.05) is 18.2 Å². The molecule has 0 fully saturated rings. The molecule has 0 N–H and O–H groups in total. The second-order valence-corrected chi connectivity index (χ2v) is 17.2. The molecule has 10 aromatic carbocycles. The Morgan fingerprint density at radius 2 is 0.881 bits per heavy atom. The van der Waals surface area contributed by atoms with Gasteiger partial charge in [-0.25, -0.2) is 15.0 Å². The lowest BCUT2D eigenvalue weighted by atomic mass is 10.0. The average molecular weight is 856 g/mol. The maximum absolute atomic E-state index is 6.66. The smallest absolute Gasteiger partial charge is 0.166 e. The Hall–Kier alpha value is -9.13. The molecule has 0 unspecified atom stereocenters. The van der Waals surface area contributed by atoms with E-state index in [4.69, 9.17) is 19.4 Å². The predicted octanol–water partition coefficient (Wildman–Crippen LogP) is 15.8. The lowest BCUT2D eigenvalue weighted by molar-refractivity contribution is 0.669. The van der Waals surface area contributed by atoms with Crippen molar-refractivity contribution in [1.82, 2.24) is 24.1 Å². The van der Waals surface area contributed by atoms with Crippen LogP contribution >= 0.6 is 0 Å². The van der Waals surface area contributed by atoms with Gasteiger partial charge in [0.2, 0.25) is 0 Å². The molecule has 0 bridgehead atoms. The zero-order chi connectivity index (χ0) is 44.0. The Labute approximate surface area is 384 Å². The molecular weight excluding hydrogens is 819 g/mol. The van der Waals surface area contributed by atoms with Crippen LogP contribution in [0.3, 0.4) is 0 Å². The molecule has 0 aliphatic carbocycles. The maximum Gasteiger partial charge on any atom is 0.166 e.